The van der Waals surface area contributed by atoms with Gasteiger partial charge in [0.25, 0.3) is 5.56 Å². The van der Waals surface area contributed by atoms with Gasteiger partial charge in [-0.3, -0.25) is 9.59 Å². The van der Waals surface area contributed by atoms with Crippen molar-refractivity contribution in [1.82, 2.24) is 9.97 Å². The number of nitriles is 1. The molecule has 3 aromatic rings. The lowest BCUT2D eigenvalue weighted by molar-refractivity contribution is -0.116. The fourth-order valence-corrected chi connectivity index (χ4v) is 3.42. The molecule has 0 aliphatic carbocycles. The van der Waals surface area contributed by atoms with Crippen LogP contribution in [0.4, 0.5) is 5.69 Å². The van der Waals surface area contributed by atoms with Crippen LogP contribution in [0.3, 0.4) is 0 Å². The maximum atomic E-state index is 12.4. The van der Waals surface area contributed by atoms with E-state index in [0.29, 0.717) is 15.9 Å². The monoisotopic (exact) mass is 338 g/mol. The zero-order valence-corrected chi connectivity index (χ0v) is 13.9. The summed E-state index contributed by atoms with van der Waals surface area (Å²) in [6, 6.07) is 10.7. The number of thiophene rings is 1. The summed E-state index contributed by atoms with van der Waals surface area (Å²) >= 11 is 1.38. The number of aryl methyl sites for hydroxylation is 2. The van der Waals surface area contributed by atoms with E-state index in [1.54, 1.807) is 24.3 Å². The van der Waals surface area contributed by atoms with E-state index in [4.69, 9.17) is 0 Å². The number of carbonyl (C=O) groups is 1. The van der Waals surface area contributed by atoms with Gasteiger partial charge in [0, 0.05) is 10.6 Å². The third-order valence-electron chi connectivity index (χ3n) is 3.76. The van der Waals surface area contributed by atoms with Crippen LogP contribution in [0.5, 0.6) is 0 Å². The molecular weight excluding hydrogens is 324 g/mol. The van der Waals surface area contributed by atoms with Gasteiger partial charge in [-0.25, -0.2) is 4.98 Å². The van der Waals surface area contributed by atoms with E-state index in [1.165, 1.54) is 11.3 Å². The van der Waals surface area contributed by atoms with E-state index in [0.717, 1.165) is 10.4 Å². The number of amides is 1. The van der Waals surface area contributed by atoms with Gasteiger partial charge in [-0.15, -0.1) is 11.3 Å². The molecule has 1 atom stereocenters. The molecule has 0 aliphatic heterocycles. The summed E-state index contributed by atoms with van der Waals surface area (Å²) in [6.07, 6.45) is 0. The molecule has 0 saturated carbocycles. The zero-order valence-electron chi connectivity index (χ0n) is 13.1. The number of hydrogen-bond donors (Lipinski definition) is 2. The number of carbonyl (C=O) groups excluding carboxylic acids is 1. The van der Waals surface area contributed by atoms with Gasteiger partial charge in [0.1, 0.15) is 10.7 Å². The first-order valence-corrected chi connectivity index (χ1v) is 8.08. The van der Waals surface area contributed by atoms with Gasteiger partial charge in [-0.2, -0.15) is 5.26 Å². The van der Waals surface area contributed by atoms with Gasteiger partial charge in [0.15, 0.2) is 5.92 Å². The SMILES string of the molecule is Cc1sc2nc(C(C#N)C(=O)Nc3ccccc3)[nH]c(=O)c2c1C. The van der Waals surface area contributed by atoms with Gasteiger partial charge >= 0.3 is 0 Å². The number of rotatable bonds is 3. The second kappa shape index (κ2) is 6.26. The summed E-state index contributed by atoms with van der Waals surface area (Å²) in [5, 5.41) is 12.6. The molecule has 120 valence electrons. The number of para-hydroxylation sites is 1. The van der Waals surface area contributed by atoms with Crippen LogP contribution in [0.25, 0.3) is 10.2 Å². The molecule has 0 spiro atoms. The van der Waals surface area contributed by atoms with Crippen molar-refractivity contribution >= 4 is 33.1 Å². The number of H-pyrrole nitrogens is 1. The number of benzene rings is 1. The Bertz CT molecular complexity index is 1010. The number of aromatic amines is 1. The predicted molar refractivity (Wildman–Crippen MR) is 93.1 cm³/mol. The minimum atomic E-state index is -1.19. The Labute approximate surface area is 141 Å². The molecule has 0 saturated heterocycles. The summed E-state index contributed by atoms with van der Waals surface area (Å²) in [7, 11) is 0. The lowest BCUT2D eigenvalue weighted by atomic mass is 10.1. The molecule has 0 aliphatic rings. The van der Waals surface area contributed by atoms with Gasteiger partial charge in [0.2, 0.25) is 5.91 Å². The molecule has 1 amide bonds. The summed E-state index contributed by atoms with van der Waals surface area (Å²) in [6.45, 7) is 3.76. The Kier molecular flexibility index (Phi) is 4.15. The summed E-state index contributed by atoms with van der Waals surface area (Å²) < 4.78 is 0. The maximum absolute atomic E-state index is 12.4. The van der Waals surface area contributed by atoms with E-state index in [9.17, 15) is 14.9 Å². The quantitative estimate of drug-likeness (QED) is 0.767. The third-order valence-corrected chi connectivity index (χ3v) is 4.86. The van der Waals surface area contributed by atoms with Crippen LogP contribution in [-0.4, -0.2) is 15.9 Å². The molecule has 1 aromatic carbocycles. The van der Waals surface area contributed by atoms with E-state index < -0.39 is 11.8 Å². The Morgan fingerprint density at radius 1 is 1.33 bits per heavy atom. The van der Waals surface area contributed by atoms with Crippen molar-refractivity contribution < 1.29 is 4.79 Å². The minimum absolute atomic E-state index is 0.0599. The Morgan fingerprint density at radius 2 is 2.04 bits per heavy atom. The number of anilines is 1. The first kappa shape index (κ1) is 15.9. The molecule has 3 rings (SSSR count). The first-order valence-electron chi connectivity index (χ1n) is 7.26. The van der Waals surface area contributed by atoms with Crippen LogP contribution in [0.15, 0.2) is 35.1 Å². The fourth-order valence-electron chi connectivity index (χ4n) is 2.39. The number of nitrogens with one attached hydrogen (secondary N) is 2. The molecule has 6 nitrogen and oxygen atoms in total. The van der Waals surface area contributed by atoms with E-state index in [1.807, 2.05) is 26.0 Å². The van der Waals surface area contributed by atoms with Crippen molar-refractivity contribution in [3.63, 3.8) is 0 Å². The minimum Gasteiger partial charge on any atom is -0.325 e. The van der Waals surface area contributed by atoms with E-state index >= 15 is 0 Å². The highest BCUT2D eigenvalue weighted by molar-refractivity contribution is 7.18. The van der Waals surface area contributed by atoms with Crippen molar-refractivity contribution in [3.8, 4) is 6.07 Å². The summed E-state index contributed by atoms with van der Waals surface area (Å²) in [4.78, 5) is 33.1. The van der Waals surface area contributed by atoms with Crippen molar-refractivity contribution in [2.45, 2.75) is 19.8 Å². The number of nitrogens with zero attached hydrogens (tertiary/aromatic N) is 2. The molecule has 24 heavy (non-hydrogen) atoms. The predicted octanol–water partition coefficient (Wildman–Crippen LogP) is 2.85. The van der Waals surface area contributed by atoms with Crippen LogP contribution in [0.2, 0.25) is 0 Å². The second-order valence-corrected chi connectivity index (χ2v) is 6.54. The molecule has 2 N–H and O–H groups in total. The van der Waals surface area contributed by atoms with Crippen LogP contribution < -0.4 is 10.9 Å². The zero-order chi connectivity index (χ0) is 17.3. The van der Waals surface area contributed by atoms with E-state index in [2.05, 4.69) is 15.3 Å². The van der Waals surface area contributed by atoms with Gasteiger partial charge < -0.3 is 10.3 Å². The molecule has 0 bridgehead atoms. The average Bonchev–Trinajstić information content (AvgIpc) is 2.84. The van der Waals surface area contributed by atoms with Crippen LogP contribution >= 0.6 is 11.3 Å². The van der Waals surface area contributed by atoms with Crippen LogP contribution in [0.1, 0.15) is 22.2 Å². The Morgan fingerprint density at radius 3 is 2.71 bits per heavy atom. The maximum Gasteiger partial charge on any atom is 0.259 e. The highest BCUT2D eigenvalue weighted by Crippen LogP contribution is 2.27. The lowest BCUT2D eigenvalue weighted by Crippen LogP contribution is -2.24. The van der Waals surface area contributed by atoms with E-state index in [-0.39, 0.29) is 11.4 Å². The Hall–Kier alpha value is -2.98. The van der Waals surface area contributed by atoms with Gasteiger partial charge in [-0.05, 0) is 31.5 Å². The lowest BCUT2D eigenvalue weighted by Gasteiger charge is -2.09. The van der Waals surface area contributed by atoms with Crippen molar-refractivity contribution in [2.24, 2.45) is 0 Å². The highest BCUT2D eigenvalue weighted by Gasteiger charge is 2.24. The number of aromatic nitrogens is 2. The summed E-state index contributed by atoms with van der Waals surface area (Å²) in [5.74, 6) is -1.66. The van der Waals surface area contributed by atoms with Crippen molar-refractivity contribution in [1.29, 1.82) is 5.26 Å². The van der Waals surface area contributed by atoms with Gasteiger partial charge in [0.05, 0.1) is 11.5 Å². The smallest absolute Gasteiger partial charge is 0.259 e. The molecule has 7 heteroatoms. The third kappa shape index (κ3) is 2.79. The fraction of sp³-hybridized carbons (Fsp3) is 0.176. The molecule has 0 fully saturated rings. The largest absolute Gasteiger partial charge is 0.325 e. The molecular formula is C17H14N4O2S. The van der Waals surface area contributed by atoms with Crippen LogP contribution in [-0.2, 0) is 4.79 Å². The topological polar surface area (TPSA) is 98.6 Å². The first-order chi connectivity index (χ1) is 11.5. The second-order valence-electron chi connectivity index (χ2n) is 5.33. The van der Waals surface area contributed by atoms with Crippen molar-refractivity contribution in [3.05, 3.63) is 57.0 Å². The van der Waals surface area contributed by atoms with Gasteiger partial charge in [-0.1, -0.05) is 18.2 Å². The molecule has 2 heterocycles. The molecule has 0 radical (unpaired) electrons. The highest BCUT2D eigenvalue weighted by atomic mass is 32.1. The average molecular weight is 338 g/mol. The van der Waals surface area contributed by atoms with Crippen molar-refractivity contribution in [2.75, 3.05) is 5.32 Å². The summed E-state index contributed by atoms with van der Waals surface area (Å²) in [5.41, 5.74) is 1.12. The molecule has 1 unspecified atom stereocenters. The Balaban J connectivity index is 1.99. The van der Waals surface area contributed by atoms with Crippen LogP contribution in [0, 0.1) is 25.2 Å². The number of fused-ring (bicyclic) bond motifs is 1. The molecule has 2 aromatic heterocycles. The normalized spacial score (nSPS) is 11.9. The standard InChI is InChI=1S/C17H14N4O2S/c1-9-10(2)24-17-13(9)16(23)20-14(21-17)12(8-18)15(22)19-11-6-4-3-5-7-11/h3-7,12H,1-2H3,(H,19,22)(H,20,21,23). The number of hydrogen-bond acceptors (Lipinski definition) is 5.